The molecule has 0 aliphatic carbocycles. The molecule has 0 unspecified atom stereocenters. The summed E-state index contributed by atoms with van der Waals surface area (Å²) >= 11 is 1.60. The molecule has 0 fully saturated rings. The number of rotatable bonds is 7. The van der Waals surface area contributed by atoms with Crippen molar-refractivity contribution in [1.29, 1.82) is 0 Å². The van der Waals surface area contributed by atoms with Gasteiger partial charge in [-0.1, -0.05) is 91.0 Å². The van der Waals surface area contributed by atoms with Gasteiger partial charge < -0.3 is 10.2 Å². The minimum Gasteiger partial charge on any atom is -0.395 e. The maximum absolute atomic E-state index is 9.75. The molecule has 0 aliphatic heterocycles. The highest BCUT2D eigenvalue weighted by Gasteiger charge is 2.39. The number of benzene rings is 3. The van der Waals surface area contributed by atoms with Gasteiger partial charge in [0.05, 0.1) is 23.2 Å². The number of aliphatic hydroxyl groups is 2. The van der Waals surface area contributed by atoms with Gasteiger partial charge in [-0.15, -0.1) is 11.8 Å². The van der Waals surface area contributed by atoms with Crippen molar-refractivity contribution in [3.8, 4) is 0 Å². The number of hydrogen-bond donors (Lipinski definition) is 2. The van der Waals surface area contributed by atoms with Crippen molar-refractivity contribution in [2.24, 2.45) is 0 Å². The molecule has 0 spiro atoms. The Morgan fingerprint density at radius 1 is 0.600 bits per heavy atom. The first-order valence-corrected chi connectivity index (χ1v) is 9.25. The monoisotopic (exact) mass is 350 g/mol. The van der Waals surface area contributed by atoms with Gasteiger partial charge >= 0.3 is 0 Å². The Morgan fingerprint density at radius 2 is 0.920 bits per heavy atom. The molecule has 128 valence electrons. The van der Waals surface area contributed by atoms with Crippen LogP contribution < -0.4 is 0 Å². The van der Waals surface area contributed by atoms with Gasteiger partial charge in [-0.2, -0.15) is 0 Å². The Morgan fingerprint density at radius 3 is 1.20 bits per heavy atom. The van der Waals surface area contributed by atoms with Crippen LogP contribution >= 0.6 is 11.8 Å². The third-order valence-electron chi connectivity index (χ3n) is 4.29. The minimum atomic E-state index is -0.500. The van der Waals surface area contributed by atoms with Gasteiger partial charge in [0.2, 0.25) is 0 Å². The van der Waals surface area contributed by atoms with Crippen molar-refractivity contribution in [1.82, 2.24) is 0 Å². The van der Waals surface area contributed by atoms with Crippen molar-refractivity contribution in [2.45, 2.75) is 10.00 Å². The van der Waals surface area contributed by atoms with Crippen molar-refractivity contribution in [3.05, 3.63) is 108 Å². The Labute approximate surface area is 153 Å². The van der Waals surface area contributed by atoms with Crippen LogP contribution in [-0.2, 0) is 4.75 Å². The van der Waals surface area contributed by atoms with Crippen LogP contribution in [0.1, 0.15) is 16.7 Å². The molecule has 0 bridgehead atoms. The lowest BCUT2D eigenvalue weighted by atomic mass is 9.84. The first kappa shape index (κ1) is 17.7. The summed E-state index contributed by atoms with van der Waals surface area (Å²) in [7, 11) is 0. The average Bonchev–Trinajstić information content (AvgIpc) is 2.71. The van der Waals surface area contributed by atoms with Crippen molar-refractivity contribution >= 4 is 11.8 Å². The van der Waals surface area contributed by atoms with Crippen molar-refractivity contribution in [3.63, 3.8) is 0 Å². The fourth-order valence-electron chi connectivity index (χ4n) is 3.10. The molecule has 0 saturated heterocycles. The van der Waals surface area contributed by atoms with E-state index in [4.69, 9.17) is 0 Å². The van der Waals surface area contributed by atoms with Crippen molar-refractivity contribution < 1.29 is 10.2 Å². The van der Waals surface area contributed by atoms with Gasteiger partial charge in [0.15, 0.2) is 0 Å². The summed E-state index contributed by atoms with van der Waals surface area (Å²) in [4.78, 5) is 0. The molecule has 25 heavy (non-hydrogen) atoms. The van der Waals surface area contributed by atoms with Gasteiger partial charge in [-0.05, 0) is 16.7 Å². The van der Waals surface area contributed by atoms with Crippen LogP contribution in [0, 0.1) is 0 Å². The summed E-state index contributed by atoms with van der Waals surface area (Å²) in [6.07, 6.45) is 0. The maximum Gasteiger partial charge on any atom is 0.0911 e. The van der Waals surface area contributed by atoms with E-state index in [9.17, 15) is 10.2 Å². The number of aliphatic hydroxyl groups excluding tert-OH is 2. The molecule has 3 rings (SSSR count). The maximum atomic E-state index is 9.75. The fraction of sp³-hybridized carbons (Fsp3) is 0.182. The molecule has 0 radical (unpaired) electrons. The quantitative estimate of drug-likeness (QED) is 0.631. The van der Waals surface area contributed by atoms with Gasteiger partial charge in [0.1, 0.15) is 0 Å². The second kappa shape index (κ2) is 8.34. The van der Waals surface area contributed by atoms with Crippen LogP contribution in [-0.4, -0.2) is 28.7 Å². The average molecular weight is 350 g/mol. The van der Waals surface area contributed by atoms with E-state index in [1.54, 1.807) is 11.8 Å². The highest BCUT2D eigenvalue weighted by Crippen LogP contribution is 2.49. The summed E-state index contributed by atoms with van der Waals surface area (Å²) in [6.45, 7) is -0.148. The molecule has 3 aromatic carbocycles. The van der Waals surface area contributed by atoms with Crippen LogP contribution in [0.15, 0.2) is 91.0 Å². The zero-order valence-electron chi connectivity index (χ0n) is 14.0. The van der Waals surface area contributed by atoms with E-state index in [1.165, 1.54) is 0 Å². The predicted molar refractivity (Wildman–Crippen MR) is 105 cm³/mol. The molecule has 3 aromatic rings. The molecule has 0 aliphatic rings. The summed E-state index contributed by atoms with van der Waals surface area (Å²) < 4.78 is -0.500. The largest absolute Gasteiger partial charge is 0.395 e. The highest BCUT2D eigenvalue weighted by molar-refractivity contribution is 8.01. The Kier molecular flexibility index (Phi) is 5.92. The lowest BCUT2D eigenvalue weighted by Crippen LogP contribution is -2.31. The Bertz CT molecular complexity index is 659. The molecule has 0 amide bonds. The molecular formula is C22H22O2S. The number of thioether (sulfide) groups is 1. The lowest BCUT2D eigenvalue weighted by Gasteiger charge is -2.37. The second-order valence-corrected chi connectivity index (χ2v) is 7.40. The molecule has 2 N–H and O–H groups in total. The summed E-state index contributed by atoms with van der Waals surface area (Å²) in [5.41, 5.74) is 3.39. The van der Waals surface area contributed by atoms with E-state index in [-0.39, 0.29) is 18.5 Å². The summed E-state index contributed by atoms with van der Waals surface area (Å²) in [6, 6.07) is 30.9. The van der Waals surface area contributed by atoms with E-state index < -0.39 is 4.75 Å². The first-order chi connectivity index (χ1) is 12.3. The lowest BCUT2D eigenvalue weighted by molar-refractivity contribution is 0.228. The third kappa shape index (κ3) is 3.64. The normalized spacial score (nSPS) is 11.6. The fourth-order valence-corrected chi connectivity index (χ4v) is 4.57. The molecule has 3 heteroatoms. The molecule has 2 nitrogen and oxygen atoms in total. The SMILES string of the molecule is OCC(CO)SC(c1ccccc1)(c1ccccc1)c1ccccc1. The molecule has 0 aromatic heterocycles. The van der Waals surface area contributed by atoms with Crippen LogP contribution in [0.2, 0.25) is 0 Å². The van der Waals surface area contributed by atoms with Crippen LogP contribution in [0.3, 0.4) is 0 Å². The van der Waals surface area contributed by atoms with E-state index in [0.717, 1.165) is 16.7 Å². The van der Waals surface area contributed by atoms with Crippen LogP contribution in [0.25, 0.3) is 0 Å². The van der Waals surface area contributed by atoms with Gasteiger partial charge in [0.25, 0.3) is 0 Å². The van der Waals surface area contributed by atoms with Gasteiger partial charge in [0, 0.05) is 0 Å². The van der Waals surface area contributed by atoms with Crippen LogP contribution in [0.5, 0.6) is 0 Å². The van der Waals surface area contributed by atoms with Crippen LogP contribution in [0.4, 0.5) is 0 Å². The zero-order valence-corrected chi connectivity index (χ0v) is 14.8. The zero-order chi connectivity index (χ0) is 17.5. The summed E-state index contributed by atoms with van der Waals surface area (Å²) in [5, 5.41) is 19.2. The standard InChI is InChI=1S/C22H22O2S/c23-16-21(17-24)25-22(18-10-4-1-5-11-18,19-12-6-2-7-13-19)20-14-8-3-9-15-20/h1-15,21,23-24H,16-17H2. The second-order valence-electron chi connectivity index (χ2n) is 5.88. The van der Waals surface area contributed by atoms with Crippen molar-refractivity contribution in [2.75, 3.05) is 13.2 Å². The van der Waals surface area contributed by atoms with E-state index in [0.29, 0.717) is 0 Å². The predicted octanol–water partition coefficient (Wildman–Crippen LogP) is 4.06. The topological polar surface area (TPSA) is 40.5 Å². The molecule has 0 saturated carbocycles. The molecule has 0 atom stereocenters. The van der Waals surface area contributed by atoms with E-state index >= 15 is 0 Å². The Balaban J connectivity index is 2.27. The minimum absolute atomic E-state index is 0.0740. The Hall–Kier alpha value is -2.07. The van der Waals surface area contributed by atoms with Gasteiger partial charge in [-0.3, -0.25) is 0 Å². The summed E-state index contributed by atoms with van der Waals surface area (Å²) in [5.74, 6) is 0. The van der Waals surface area contributed by atoms with E-state index in [2.05, 4.69) is 36.4 Å². The first-order valence-electron chi connectivity index (χ1n) is 8.37. The molecule has 0 heterocycles. The molecular weight excluding hydrogens is 328 g/mol. The van der Waals surface area contributed by atoms with Gasteiger partial charge in [-0.25, -0.2) is 0 Å². The van der Waals surface area contributed by atoms with E-state index in [1.807, 2.05) is 54.6 Å². The highest BCUT2D eigenvalue weighted by atomic mass is 32.2. The third-order valence-corrected chi connectivity index (χ3v) is 5.98. The number of hydrogen-bond acceptors (Lipinski definition) is 3. The smallest absolute Gasteiger partial charge is 0.0911 e.